The fourth-order valence-electron chi connectivity index (χ4n) is 4.34. The van der Waals surface area contributed by atoms with E-state index < -0.39 is 5.97 Å². The maximum Gasteiger partial charge on any atom is 0.330 e. The van der Waals surface area contributed by atoms with Crippen molar-refractivity contribution in [3.8, 4) is 0 Å². The van der Waals surface area contributed by atoms with Gasteiger partial charge in [0.2, 0.25) is 11.8 Å². The van der Waals surface area contributed by atoms with E-state index in [1.807, 2.05) is 80.6 Å². The van der Waals surface area contributed by atoms with Gasteiger partial charge in [-0.15, -0.1) is 5.10 Å². The van der Waals surface area contributed by atoms with Crippen LogP contribution < -0.4 is 5.32 Å². The molecular weight excluding hydrogens is 506 g/mol. The highest BCUT2D eigenvalue weighted by Crippen LogP contribution is 2.27. The van der Waals surface area contributed by atoms with Crippen LogP contribution in [0.1, 0.15) is 48.9 Å². The highest BCUT2D eigenvalue weighted by Gasteiger charge is 2.26. The molecule has 0 spiro atoms. The zero-order chi connectivity index (χ0) is 28.5. The largest absolute Gasteiger partial charge is 0.466 e. The van der Waals surface area contributed by atoms with E-state index in [1.165, 1.54) is 11.1 Å². The third-order valence-corrected chi connectivity index (χ3v) is 6.35. The summed E-state index contributed by atoms with van der Waals surface area (Å²) >= 11 is 0. The summed E-state index contributed by atoms with van der Waals surface area (Å²) in [4.78, 5) is 37.2. The van der Waals surface area contributed by atoms with Gasteiger partial charge in [0.05, 0.1) is 19.1 Å². The summed E-state index contributed by atoms with van der Waals surface area (Å²) in [5.41, 5.74) is 4.07. The number of carbonyl (C=O) groups excluding carboxylic acids is 3. The van der Waals surface area contributed by atoms with Crippen molar-refractivity contribution in [2.45, 2.75) is 33.2 Å². The minimum absolute atomic E-state index is 0.0523. The molecule has 1 unspecified atom stereocenters. The molecule has 0 fully saturated rings. The minimum atomic E-state index is -0.396. The summed E-state index contributed by atoms with van der Waals surface area (Å²) in [5.74, 6) is -0.631. The molecule has 1 heterocycles. The number of hydrazone groups is 1. The maximum atomic E-state index is 13.3. The summed E-state index contributed by atoms with van der Waals surface area (Å²) in [7, 11) is 0. The summed E-state index contributed by atoms with van der Waals surface area (Å²) in [6.07, 6.45) is 3.04. The van der Waals surface area contributed by atoms with Crippen LogP contribution in [0.25, 0.3) is 6.08 Å². The van der Waals surface area contributed by atoms with Crippen LogP contribution in [-0.2, 0) is 30.4 Å². The quantitative estimate of drug-likeness (QED) is 0.276. The molecule has 0 aromatic heterocycles. The lowest BCUT2D eigenvalue weighted by molar-refractivity contribution is -0.137. The Hall–Kier alpha value is -4.72. The number of nitrogens with zero attached hydrogens (tertiary/aromatic N) is 2. The van der Waals surface area contributed by atoms with E-state index >= 15 is 0 Å². The average molecular weight is 540 g/mol. The van der Waals surface area contributed by atoms with Crippen molar-refractivity contribution in [2.75, 3.05) is 18.5 Å². The van der Waals surface area contributed by atoms with Crippen molar-refractivity contribution in [3.63, 3.8) is 0 Å². The van der Waals surface area contributed by atoms with E-state index in [-0.39, 0.29) is 30.3 Å². The topological polar surface area (TPSA) is 97.3 Å². The van der Waals surface area contributed by atoms with Crippen LogP contribution in [-0.4, -0.2) is 41.9 Å². The third kappa shape index (κ3) is 7.44. The zero-order valence-corrected chi connectivity index (χ0v) is 22.9. The summed E-state index contributed by atoms with van der Waals surface area (Å²) in [6, 6.07) is 24.4. The van der Waals surface area contributed by atoms with Crippen LogP contribution >= 0.6 is 0 Å². The monoisotopic (exact) mass is 539 g/mol. The molecule has 0 bridgehead atoms. The van der Waals surface area contributed by atoms with Crippen LogP contribution in [0.2, 0.25) is 0 Å². The number of amides is 2. The summed E-state index contributed by atoms with van der Waals surface area (Å²) < 4.78 is 10.4. The summed E-state index contributed by atoms with van der Waals surface area (Å²) in [5, 5.41) is 8.83. The number of carbonyl (C=O) groups is 3. The van der Waals surface area contributed by atoms with Gasteiger partial charge in [0.15, 0.2) is 6.61 Å². The van der Waals surface area contributed by atoms with Crippen LogP contribution in [0.15, 0.2) is 90.0 Å². The number of nitrogens with one attached hydrogen (secondary N) is 1. The van der Waals surface area contributed by atoms with Gasteiger partial charge >= 0.3 is 5.97 Å². The molecular formula is C32H33N3O5. The number of rotatable bonds is 10. The number of anilines is 1. The Kier molecular flexibility index (Phi) is 9.46. The van der Waals surface area contributed by atoms with Crippen LogP contribution in [0, 0.1) is 5.92 Å². The van der Waals surface area contributed by atoms with Crippen molar-refractivity contribution in [2.24, 2.45) is 11.0 Å². The Morgan fingerprint density at radius 1 is 1.02 bits per heavy atom. The molecule has 0 aliphatic carbocycles. The smallest absolute Gasteiger partial charge is 0.330 e. The fraction of sp³-hybridized carbons (Fsp3) is 0.250. The van der Waals surface area contributed by atoms with Gasteiger partial charge in [-0.25, -0.2) is 9.80 Å². The first-order valence-corrected chi connectivity index (χ1v) is 13.3. The van der Waals surface area contributed by atoms with Gasteiger partial charge in [0, 0.05) is 17.3 Å². The maximum absolute atomic E-state index is 13.3. The van der Waals surface area contributed by atoms with Crippen molar-refractivity contribution >= 4 is 35.4 Å². The van der Waals surface area contributed by atoms with Gasteiger partial charge in [-0.3, -0.25) is 9.59 Å². The van der Waals surface area contributed by atoms with Crippen molar-refractivity contribution < 1.29 is 23.9 Å². The molecule has 0 saturated heterocycles. The molecule has 3 aromatic carbocycles. The Morgan fingerprint density at radius 2 is 1.73 bits per heavy atom. The second-order valence-electron chi connectivity index (χ2n) is 9.67. The number of hydrogen-bond donors (Lipinski definition) is 1. The zero-order valence-electron chi connectivity index (χ0n) is 22.9. The normalized spacial score (nSPS) is 14.1. The Labute approximate surface area is 234 Å². The molecule has 2 amide bonds. The molecule has 40 heavy (non-hydrogen) atoms. The number of benzene rings is 3. The molecule has 1 N–H and O–H groups in total. The van der Waals surface area contributed by atoms with E-state index in [1.54, 1.807) is 25.1 Å². The Morgan fingerprint density at radius 3 is 2.38 bits per heavy atom. The lowest BCUT2D eigenvalue weighted by Gasteiger charge is -2.24. The molecule has 206 valence electrons. The van der Waals surface area contributed by atoms with Gasteiger partial charge in [-0.05, 0) is 59.9 Å². The lowest BCUT2D eigenvalue weighted by Crippen LogP contribution is -2.36. The molecule has 8 nitrogen and oxygen atoms in total. The molecule has 8 heteroatoms. The minimum Gasteiger partial charge on any atom is -0.466 e. The SMILES string of the molecule is CCOC(=O)/C=C/c1ccc(NC(=O)C(c2ccc(CN3N=C(c4ccccc4)OCC3=O)cc2)C(C)C)cc1. The summed E-state index contributed by atoms with van der Waals surface area (Å²) in [6.45, 7) is 6.33. The highest BCUT2D eigenvalue weighted by atomic mass is 16.5. The van der Waals surface area contributed by atoms with Crippen molar-refractivity contribution in [3.05, 3.63) is 107 Å². The Balaban J connectivity index is 1.41. The average Bonchev–Trinajstić information content (AvgIpc) is 2.95. The second-order valence-corrected chi connectivity index (χ2v) is 9.67. The molecule has 1 aliphatic rings. The predicted molar refractivity (Wildman–Crippen MR) is 154 cm³/mol. The van der Waals surface area contributed by atoms with Gasteiger partial charge in [0.25, 0.3) is 5.91 Å². The standard InChI is InChI=1S/C32H33N3O5/c1-4-39-29(37)19-14-23-12-17-27(18-13-23)33-31(38)30(22(2)3)25-15-10-24(11-16-25)20-35-28(36)21-40-32(34-35)26-8-6-5-7-9-26/h5-19,22,30H,4,20-21H2,1-3H3,(H,33,38)/b19-14+. The molecule has 0 radical (unpaired) electrons. The number of hydrogen-bond acceptors (Lipinski definition) is 6. The fourth-order valence-corrected chi connectivity index (χ4v) is 4.34. The van der Waals surface area contributed by atoms with Gasteiger partial charge in [-0.1, -0.05) is 68.4 Å². The van der Waals surface area contributed by atoms with E-state index in [2.05, 4.69) is 10.4 Å². The first kappa shape index (κ1) is 28.3. The first-order valence-electron chi connectivity index (χ1n) is 13.3. The van der Waals surface area contributed by atoms with Gasteiger partial charge in [-0.2, -0.15) is 0 Å². The van der Waals surface area contributed by atoms with Gasteiger partial charge in [0.1, 0.15) is 0 Å². The van der Waals surface area contributed by atoms with E-state index in [4.69, 9.17) is 9.47 Å². The van der Waals surface area contributed by atoms with Gasteiger partial charge < -0.3 is 14.8 Å². The van der Waals surface area contributed by atoms with Crippen molar-refractivity contribution in [1.82, 2.24) is 5.01 Å². The van der Waals surface area contributed by atoms with Crippen LogP contribution in [0.5, 0.6) is 0 Å². The number of ether oxygens (including phenoxy) is 2. The molecule has 4 rings (SSSR count). The molecule has 0 saturated carbocycles. The van der Waals surface area contributed by atoms with E-state index in [0.717, 1.165) is 22.3 Å². The number of esters is 1. The second kappa shape index (κ2) is 13.4. The van der Waals surface area contributed by atoms with E-state index in [9.17, 15) is 14.4 Å². The Bertz CT molecular complexity index is 1380. The van der Waals surface area contributed by atoms with Crippen LogP contribution in [0.3, 0.4) is 0 Å². The van der Waals surface area contributed by atoms with Crippen LogP contribution in [0.4, 0.5) is 5.69 Å². The molecule has 1 aliphatic heterocycles. The third-order valence-electron chi connectivity index (χ3n) is 6.35. The molecule has 3 aromatic rings. The highest BCUT2D eigenvalue weighted by molar-refractivity contribution is 5.98. The molecule has 1 atom stereocenters. The van der Waals surface area contributed by atoms with Crippen molar-refractivity contribution in [1.29, 1.82) is 0 Å². The lowest BCUT2D eigenvalue weighted by atomic mass is 9.87. The predicted octanol–water partition coefficient (Wildman–Crippen LogP) is 5.36. The first-order chi connectivity index (χ1) is 19.3. The van der Waals surface area contributed by atoms with E-state index in [0.29, 0.717) is 24.7 Å².